The van der Waals surface area contributed by atoms with Gasteiger partial charge in [0, 0.05) is 39.0 Å². The minimum absolute atomic E-state index is 0.0284. The largest absolute Gasteiger partial charge is 0.461 e. The topological polar surface area (TPSA) is 135 Å². The molecule has 0 amide bonds. The van der Waals surface area contributed by atoms with Gasteiger partial charge in [-0.1, -0.05) is 41.5 Å². The van der Waals surface area contributed by atoms with Crippen LogP contribution in [0.25, 0.3) is 0 Å². The normalized spacial score (nSPS) is 41.8. The Kier molecular flexibility index (Phi) is 7.99. The molecule has 2 saturated carbocycles. The lowest BCUT2D eigenvalue weighted by Crippen LogP contribution is -2.43. The average molecular weight is 577 g/mol. The zero-order chi connectivity index (χ0) is 30.8. The van der Waals surface area contributed by atoms with Crippen LogP contribution in [-0.4, -0.2) is 65.3 Å². The Bertz CT molecular complexity index is 1170. The van der Waals surface area contributed by atoms with Gasteiger partial charge in [-0.25, -0.2) is 0 Å². The number of Topliss-reactive ketones (excluding diaryl/α,β-unsaturated/α-hetero) is 1. The summed E-state index contributed by atoms with van der Waals surface area (Å²) in [6.45, 7) is 17.0. The molecule has 0 bridgehead atoms. The van der Waals surface area contributed by atoms with Crippen LogP contribution in [0.1, 0.15) is 82.1 Å². The highest BCUT2D eigenvalue weighted by atomic mass is 16.7. The second kappa shape index (κ2) is 10.5. The molecule has 10 heteroatoms. The number of hydrogen-bond donors (Lipinski definition) is 0. The van der Waals surface area contributed by atoms with Gasteiger partial charge in [-0.15, -0.1) is 0 Å². The molecule has 0 aromatic rings. The maximum atomic E-state index is 14.3. The predicted octanol–water partition coefficient (Wildman–Crippen LogP) is 3.72. The van der Waals surface area contributed by atoms with E-state index < -0.39 is 70.8 Å². The lowest BCUT2D eigenvalue weighted by atomic mass is 9.80. The zero-order valence-electron chi connectivity index (χ0n) is 25.8. The number of hydrogen-bond acceptors (Lipinski definition) is 10. The molecule has 3 aliphatic carbocycles. The second-order valence-electron chi connectivity index (χ2n) is 13.5. The van der Waals surface area contributed by atoms with E-state index in [-0.39, 0.29) is 35.9 Å². The molecule has 10 nitrogen and oxygen atoms in total. The summed E-state index contributed by atoms with van der Waals surface area (Å²) in [5.41, 5.74) is -2.62. The summed E-state index contributed by atoms with van der Waals surface area (Å²) in [7, 11) is 0. The molecule has 0 aromatic heterocycles. The van der Waals surface area contributed by atoms with E-state index >= 15 is 0 Å². The summed E-state index contributed by atoms with van der Waals surface area (Å²) in [6, 6.07) is 0. The van der Waals surface area contributed by atoms with Gasteiger partial charge >= 0.3 is 23.9 Å². The Morgan fingerprint density at radius 1 is 0.927 bits per heavy atom. The molecule has 1 saturated heterocycles. The predicted molar refractivity (Wildman–Crippen MR) is 145 cm³/mol. The van der Waals surface area contributed by atoms with E-state index in [1.807, 2.05) is 34.6 Å². The lowest BCUT2D eigenvalue weighted by Gasteiger charge is -2.30. The number of rotatable bonds is 6. The summed E-state index contributed by atoms with van der Waals surface area (Å²) < 4.78 is 29.9. The average Bonchev–Trinajstić information content (AvgIpc) is 3.61. The standard InChI is InChI=1S/C31H44O10/c1-14(2)11-21(35)40-24-15(3)12-31-28(39-20(8)34)16(4)13-30(31,41-31)27(36)17(5)25(37-18(6)32)22-23(29(22,9)10)26(24)38-19(7)33/h12,14,16-17,22-26,28H,11,13H2,1-10H3/b15-12+/t16-,17+,22-,23+,24+,25-,26-,28-,30-,31-/m0/s1. The number of ether oxygens (including phenoxy) is 5. The van der Waals surface area contributed by atoms with Crippen LogP contribution < -0.4 is 0 Å². The van der Waals surface area contributed by atoms with Crippen molar-refractivity contribution in [1.29, 1.82) is 0 Å². The molecular formula is C31H44O10. The molecule has 41 heavy (non-hydrogen) atoms. The molecule has 1 aliphatic heterocycles. The summed E-state index contributed by atoms with van der Waals surface area (Å²) in [5, 5.41) is 0. The van der Waals surface area contributed by atoms with Gasteiger partial charge < -0.3 is 23.7 Å². The summed E-state index contributed by atoms with van der Waals surface area (Å²) >= 11 is 0. The summed E-state index contributed by atoms with van der Waals surface area (Å²) in [6.07, 6.45) is -1.37. The molecule has 1 heterocycles. The Morgan fingerprint density at radius 2 is 1.46 bits per heavy atom. The highest BCUT2D eigenvalue weighted by Crippen LogP contribution is 2.68. The van der Waals surface area contributed by atoms with Crippen molar-refractivity contribution in [2.75, 3.05) is 0 Å². The Labute approximate surface area is 241 Å². The molecule has 3 fully saturated rings. The fourth-order valence-electron chi connectivity index (χ4n) is 7.74. The zero-order valence-corrected chi connectivity index (χ0v) is 25.8. The monoisotopic (exact) mass is 576 g/mol. The maximum Gasteiger partial charge on any atom is 0.306 e. The van der Waals surface area contributed by atoms with Gasteiger partial charge in [0.25, 0.3) is 0 Å². The Hall–Kier alpha value is -2.75. The van der Waals surface area contributed by atoms with Gasteiger partial charge in [-0.05, 0) is 42.2 Å². The fourth-order valence-corrected chi connectivity index (χ4v) is 7.74. The van der Waals surface area contributed by atoms with Crippen molar-refractivity contribution in [2.24, 2.45) is 35.0 Å². The molecule has 0 spiro atoms. The molecule has 4 rings (SSSR count). The van der Waals surface area contributed by atoms with Gasteiger partial charge in [0.2, 0.25) is 0 Å². The summed E-state index contributed by atoms with van der Waals surface area (Å²) in [4.78, 5) is 64.4. The summed E-state index contributed by atoms with van der Waals surface area (Å²) in [5.74, 6) is -4.04. The number of carbonyl (C=O) groups is 5. The van der Waals surface area contributed by atoms with Crippen molar-refractivity contribution in [1.82, 2.24) is 0 Å². The quantitative estimate of drug-likeness (QED) is 0.199. The van der Waals surface area contributed by atoms with Gasteiger partial charge in [-0.2, -0.15) is 0 Å². The molecule has 4 aliphatic rings. The van der Waals surface area contributed by atoms with E-state index in [0.717, 1.165) is 0 Å². The van der Waals surface area contributed by atoms with Gasteiger partial charge in [0.1, 0.15) is 18.3 Å². The highest BCUT2D eigenvalue weighted by Gasteiger charge is 2.84. The van der Waals surface area contributed by atoms with E-state index in [0.29, 0.717) is 12.0 Å². The van der Waals surface area contributed by atoms with Crippen LogP contribution in [0.15, 0.2) is 11.6 Å². The van der Waals surface area contributed by atoms with Crippen molar-refractivity contribution in [3.8, 4) is 0 Å². The van der Waals surface area contributed by atoms with Crippen molar-refractivity contribution in [3.63, 3.8) is 0 Å². The Balaban J connectivity index is 1.93. The van der Waals surface area contributed by atoms with Crippen molar-refractivity contribution < 1.29 is 47.7 Å². The smallest absolute Gasteiger partial charge is 0.306 e. The fraction of sp³-hybridized carbons (Fsp3) is 0.774. The first-order valence-electron chi connectivity index (χ1n) is 14.5. The number of esters is 4. The first kappa shape index (κ1) is 31.2. The molecule has 0 aromatic carbocycles. The molecule has 10 atom stereocenters. The minimum atomic E-state index is -1.31. The third kappa shape index (κ3) is 5.21. The molecular weight excluding hydrogens is 532 g/mol. The van der Waals surface area contributed by atoms with Crippen LogP contribution in [0, 0.1) is 35.0 Å². The van der Waals surface area contributed by atoms with E-state index in [9.17, 15) is 24.0 Å². The number of fused-ring (bicyclic) bond motifs is 1. The van der Waals surface area contributed by atoms with Gasteiger partial charge in [-0.3, -0.25) is 24.0 Å². The third-order valence-corrected chi connectivity index (χ3v) is 9.41. The molecule has 0 radical (unpaired) electrons. The van der Waals surface area contributed by atoms with Crippen LogP contribution in [0.4, 0.5) is 0 Å². The van der Waals surface area contributed by atoms with Crippen LogP contribution in [0.2, 0.25) is 0 Å². The van der Waals surface area contributed by atoms with Crippen molar-refractivity contribution in [3.05, 3.63) is 11.6 Å². The van der Waals surface area contributed by atoms with Crippen LogP contribution >= 0.6 is 0 Å². The number of carbonyl (C=O) groups excluding carboxylic acids is 5. The molecule has 228 valence electrons. The number of epoxide rings is 1. The van der Waals surface area contributed by atoms with Gasteiger partial charge in [0.15, 0.2) is 23.1 Å². The Morgan fingerprint density at radius 3 is 2.00 bits per heavy atom. The van der Waals surface area contributed by atoms with E-state index in [1.165, 1.54) is 20.8 Å². The van der Waals surface area contributed by atoms with E-state index in [2.05, 4.69) is 0 Å². The van der Waals surface area contributed by atoms with Crippen molar-refractivity contribution >= 4 is 29.7 Å². The van der Waals surface area contributed by atoms with Gasteiger partial charge in [0.05, 0.1) is 5.92 Å². The number of ketones is 1. The van der Waals surface area contributed by atoms with Crippen molar-refractivity contribution in [2.45, 2.75) is 118 Å². The first-order valence-corrected chi connectivity index (χ1v) is 14.5. The highest BCUT2D eigenvalue weighted by molar-refractivity contribution is 5.96. The van der Waals surface area contributed by atoms with Crippen LogP contribution in [0.5, 0.6) is 0 Å². The maximum absolute atomic E-state index is 14.3. The SMILES string of the molecule is CC(=O)O[C@@H]1[C@@H]2[C@H]([C@H](OC(C)=O)[C@H](OC(=O)CC(C)C)/C(C)=C/[C@@]34O[C@@]3(C[C@H](C)[C@@H]4OC(C)=O)C(=O)[C@@H]1C)C2(C)C. The first-order chi connectivity index (χ1) is 18.9. The second-order valence-corrected chi connectivity index (χ2v) is 13.5. The van der Waals surface area contributed by atoms with Crippen LogP contribution in [0.3, 0.4) is 0 Å². The van der Waals surface area contributed by atoms with Crippen LogP contribution in [-0.2, 0) is 47.7 Å². The molecule has 0 unspecified atom stereocenters. The van der Waals surface area contributed by atoms with E-state index in [1.54, 1.807) is 19.9 Å². The molecule has 0 N–H and O–H groups in total. The third-order valence-electron chi connectivity index (χ3n) is 9.41. The minimum Gasteiger partial charge on any atom is -0.461 e. The van der Waals surface area contributed by atoms with E-state index in [4.69, 9.17) is 23.7 Å². The lowest BCUT2D eigenvalue weighted by molar-refractivity contribution is -0.167.